The number of benzene rings is 1. The third kappa shape index (κ3) is 3.56. The van der Waals surface area contributed by atoms with Crippen molar-refractivity contribution in [1.29, 1.82) is 0 Å². The Morgan fingerprint density at radius 1 is 1.43 bits per heavy atom. The van der Waals surface area contributed by atoms with Crippen LogP contribution in [0.4, 0.5) is 14.9 Å². The summed E-state index contributed by atoms with van der Waals surface area (Å²) >= 11 is 0. The monoisotopic (exact) mass is 292 g/mol. The molecule has 1 saturated heterocycles. The summed E-state index contributed by atoms with van der Waals surface area (Å²) < 4.78 is 20.0. The first kappa shape index (κ1) is 15.0. The maximum absolute atomic E-state index is 13.1. The van der Waals surface area contributed by atoms with Gasteiger partial charge in [0.15, 0.2) is 0 Å². The zero-order chi connectivity index (χ0) is 15.2. The van der Waals surface area contributed by atoms with E-state index in [1.807, 2.05) is 13.8 Å². The second kappa shape index (κ2) is 6.83. The van der Waals surface area contributed by atoms with Crippen LogP contribution in [0.1, 0.15) is 13.8 Å². The molecular weight excluding hydrogens is 275 g/mol. The lowest BCUT2D eigenvalue weighted by Gasteiger charge is -2.12. The Labute approximate surface area is 122 Å². The Bertz CT molecular complexity index is 588. The molecule has 0 N–H and O–H groups in total. The van der Waals surface area contributed by atoms with Crippen LogP contribution in [0.25, 0.3) is 0 Å². The molecule has 7 heteroatoms. The van der Waals surface area contributed by atoms with Gasteiger partial charge in [-0.1, -0.05) is 25.1 Å². The van der Waals surface area contributed by atoms with Crippen molar-refractivity contribution in [3.8, 4) is 0 Å². The number of nitrogens with zero attached hydrogens (tertiary/aromatic N) is 4. The molecule has 1 fully saturated rings. The summed E-state index contributed by atoms with van der Waals surface area (Å²) in [6.07, 6.45) is 2.45. The molecule has 3 rings (SSSR count). The second-order valence-electron chi connectivity index (χ2n) is 4.22. The van der Waals surface area contributed by atoms with Crippen LogP contribution < -0.4 is 4.90 Å². The highest BCUT2D eigenvalue weighted by atomic mass is 19.1. The van der Waals surface area contributed by atoms with Gasteiger partial charge in [0, 0.05) is 6.20 Å². The number of anilines is 1. The van der Waals surface area contributed by atoms with Gasteiger partial charge in [0.05, 0.1) is 25.0 Å². The summed E-state index contributed by atoms with van der Waals surface area (Å²) in [7, 11) is 0. The molecule has 1 amide bonds. The topological polar surface area (TPSA) is 60.3 Å². The van der Waals surface area contributed by atoms with E-state index in [0.29, 0.717) is 18.8 Å². The number of carbonyl (C=O) groups excluding carboxylic acids is 1. The maximum Gasteiger partial charge on any atom is 0.414 e. The number of aromatic nitrogens is 3. The number of cyclic esters (lactones) is 1. The molecular formula is C14H17FN4O2. The summed E-state index contributed by atoms with van der Waals surface area (Å²) in [5.41, 5.74) is 0.492. The fraction of sp³-hybridized carbons (Fsp3) is 0.357. The molecule has 1 aromatic heterocycles. The minimum atomic E-state index is -0.476. The molecule has 21 heavy (non-hydrogen) atoms. The first-order valence-corrected chi connectivity index (χ1v) is 6.80. The molecule has 112 valence electrons. The van der Waals surface area contributed by atoms with Crippen molar-refractivity contribution >= 4 is 11.8 Å². The third-order valence-electron chi connectivity index (χ3n) is 2.86. The summed E-state index contributed by atoms with van der Waals surface area (Å²) in [6, 6.07) is 5.86. The van der Waals surface area contributed by atoms with Crippen molar-refractivity contribution in [3.63, 3.8) is 0 Å². The number of ether oxygens (including phenoxy) is 1. The average Bonchev–Trinajstić information content (AvgIpc) is 3.11. The van der Waals surface area contributed by atoms with Gasteiger partial charge in [-0.25, -0.2) is 13.9 Å². The number of hydrogen-bond donors (Lipinski definition) is 0. The van der Waals surface area contributed by atoms with Crippen LogP contribution in [0.5, 0.6) is 0 Å². The smallest absolute Gasteiger partial charge is 0.414 e. The van der Waals surface area contributed by atoms with E-state index in [2.05, 4.69) is 10.3 Å². The van der Waals surface area contributed by atoms with Crippen LogP contribution in [-0.4, -0.2) is 33.7 Å². The molecule has 2 heterocycles. The van der Waals surface area contributed by atoms with E-state index in [-0.39, 0.29) is 11.9 Å². The first-order chi connectivity index (χ1) is 10.2. The Morgan fingerprint density at radius 2 is 2.24 bits per heavy atom. The fourth-order valence-electron chi connectivity index (χ4n) is 2.01. The largest absolute Gasteiger partial charge is 0.442 e. The summed E-state index contributed by atoms with van der Waals surface area (Å²) in [5.74, 6) is -0.384. The zero-order valence-corrected chi connectivity index (χ0v) is 11.9. The van der Waals surface area contributed by atoms with Gasteiger partial charge in [0.1, 0.15) is 11.9 Å². The SMILES string of the molecule is CC.O=C1OC(Cn2ccnn2)CN1c1cccc(F)c1. The molecule has 1 unspecified atom stereocenters. The second-order valence-corrected chi connectivity index (χ2v) is 4.22. The average molecular weight is 292 g/mol. The normalized spacial score (nSPS) is 17.2. The van der Waals surface area contributed by atoms with Crippen LogP contribution in [0.15, 0.2) is 36.7 Å². The van der Waals surface area contributed by atoms with Gasteiger partial charge in [-0.15, -0.1) is 5.10 Å². The molecule has 1 aliphatic rings. The number of hydrogen-bond acceptors (Lipinski definition) is 4. The lowest BCUT2D eigenvalue weighted by molar-refractivity contribution is 0.129. The van der Waals surface area contributed by atoms with Crippen molar-refractivity contribution < 1.29 is 13.9 Å². The van der Waals surface area contributed by atoms with E-state index in [9.17, 15) is 9.18 Å². The molecule has 0 bridgehead atoms. The van der Waals surface area contributed by atoms with Crippen LogP contribution in [0, 0.1) is 5.82 Å². The quantitative estimate of drug-likeness (QED) is 0.872. The van der Waals surface area contributed by atoms with Gasteiger partial charge >= 0.3 is 6.09 Å². The molecule has 0 spiro atoms. The minimum absolute atomic E-state index is 0.322. The third-order valence-corrected chi connectivity index (χ3v) is 2.86. The molecule has 0 saturated carbocycles. The minimum Gasteiger partial charge on any atom is -0.442 e. The lowest BCUT2D eigenvalue weighted by atomic mass is 10.2. The number of carbonyl (C=O) groups is 1. The lowest BCUT2D eigenvalue weighted by Crippen LogP contribution is -2.26. The molecule has 2 aromatic rings. The Morgan fingerprint density at radius 3 is 2.90 bits per heavy atom. The molecule has 1 atom stereocenters. The highest BCUT2D eigenvalue weighted by Gasteiger charge is 2.32. The zero-order valence-electron chi connectivity index (χ0n) is 11.9. The van der Waals surface area contributed by atoms with Gasteiger partial charge in [0.2, 0.25) is 0 Å². The van der Waals surface area contributed by atoms with E-state index in [1.165, 1.54) is 17.0 Å². The van der Waals surface area contributed by atoms with Gasteiger partial charge in [-0.3, -0.25) is 4.90 Å². The van der Waals surface area contributed by atoms with E-state index in [1.54, 1.807) is 29.2 Å². The van der Waals surface area contributed by atoms with Crippen molar-refractivity contribution in [3.05, 3.63) is 42.5 Å². The van der Waals surface area contributed by atoms with Crippen LogP contribution in [0.3, 0.4) is 0 Å². The highest BCUT2D eigenvalue weighted by molar-refractivity contribution is 5.89. The van der Waals surface area contributed by atoms with E-state index in [0.717, 1.165) is 0 Å². The Balaban J connectivity index is 0.000000774. The van der Waals surface area contributed by atoms with E-state index >= 15 is 0 Å². The highest BCUT2D eigenvalue weighted by Crippen LogP contribution is 2.22. The van der Waals surface area contributed by atoms with Gasteiger partial charge in [-0.05, 0) is 18.2 Å². The van der Waals surface area contributed by atoms with Crippen molar-refractivity contribution in [2.24, 2.45) is 0 Å². The maximum atomic E-state index is 13.1. The first-order valence-electron chi connectivity index (χ1n) is 6.80. The molecule has 1 aromatic carbocycles. The predicted molar refractivity (Wildman–Crippen MR) is 75.4 cm³/mol. The molecule has 0 radical (unpaired) electrons. The fourth-order valence-corrected chi connectivity index (χ4v) is 2.01. The van der Waals surface area contributed by atoms with E-state index in [4.69, 9.17) is 4.74 Å². The van der Waals surface area contributed by atoms with Crippen molar-refractivity contribution in [1.82, 2.24) is 15.0 Å². The predicted octanol–water partition coefficient (Wildman–Crippen LogP) is 2.47. The van der Waals surface area contributed by atoms with Crippen molar-refractivity contribution in [2.45, 2.75) is 26.5 Å². The number of halogens is 1. The van der Waals surface area contributed by atoms with Crippen LogP contribution in [0.2, 0.25) is 0 Å². The van der Waals surface area contributed by atoms with Gasteiger partial charge < -0.3 is 4.74 Å². The molecule has 0 aliphatic carbocycles. The van der Waals surface area contributed by atoms with Crippen molar-refractivity contribution in [2.75, 3.05) is 11.4 Å². The number of rotatable bonds is 3. The number of amides is 1. The Hall–Kier alpha value is -2.44. The molecule has 6 nitrogen and oxygen atoms in total. The van der Waals surface area contributed by atoms with Gasteiger partial charge in [0.25, 0.3) is 0 Å². The summed E-state index contributed by atoms with van der Waals surface area (Å²) in [6.45, 7) is 4.79. The van der Waals surface area contributed by atoms with E-state index < -0.39 is 6.09 Å². The Kier molecular flexibility index (Phi) is 4.86. The van der Waals surface area contributed by atoms with Crippen LogP contribution >= 0.6 is 0 Å². The standard InChI is InChI=1S/C12H11FN4O2.C2H6/c13-9-2-1-3-10(6-9)17-8-11(19-12(17)18)7-16-5-4-14-15-16;1-2/h1-6,11H,7-8H2;1-2H3. The van der Waals surface area contributed by atoms with Gasteiger partial charge in [-0.2, -0.15) is 0 Å². The van der Waals surface area contributed by atoms with Crippen LogP contribution in [-0.2, 0) is 11.3 Å². The summed E-state index contributed by atoms with van der Waals surface area (Å²) in [4.78, 5) is 13.2. The molecule has 1 aliphatic heterocycles. The summed E-state index contributed by atoms with van der Waals surface area (Å²) in [5, 5.41) is 7.49.